The van der Waals surface area contributed by atoms with Crippen LogP contribution in [0, 0.1) is 0 Å². The van der Waals surface area contributed by atoms with Crippen LogP contribution in [-0.4, -0.2) is 127 Å². The highest BCUT2D eigenvalue weighted by Crippen LogP contribution is 2.20. The van der Waals surface area contributed by atoms with Gasteiger partial charge in [0.1, 0.15) is 37.1 Å². The van der Waals surface area contributed by atoms with Crippen molar-refractivity contribution >= 4 is 17.9 Å². The lowest BCUT2D eigenvalue weighted by atomic mass is 10.0. The first-order chi connectivity index (χ1) is 23.3. The van der Waals surface area contributed by atoms with Crippen molar-refractivity contribution in [3.05, 3.63) is 0 Å². The molecule has 0 bridgehead atoms. The molecule has 0 aromatic carbocycles. The molecule has 0 saturated heterocycles. The Morgan fingerprint density at radius 2 is 0.918 bits per heavy atom. The Morgan fingerprint density at radius 3 is 1.35 bits per heavy atom. The van der Waals surface area contributed by atoms with Gasteiger partial charge in [-0.2, -0.15) is 0 Å². The summed E-state index contributed by atoms with van der Waals surface area (Å²) >= 11 is 0. The van der Waals surface area contributed by atoms with Crippen LogP contribution >= 0.6 is 0 Å². The van der Waals surface area contributed by atoms with Gasteiger partial charge >= 0.3 is 17.9 Å². The van der Waals surface area contributed by atoms with Crippen molar-refractivity contribution < 1.29 is 69.4 Å². The zero-order chi connectivity index (χ0) is 37.2. The third-order valence-corrected chi connectivity index (χ3v) is 8.21. The van der Waals surface area contributed by atoms with E-state index in [0.717, 1.165) is 51.4 Å². The van der Waals surface area contributed by atoms with Crippen molar-refractivity contribution in [1.82, 2.24) is 0 Å². The lowest BCUT2D eigenvalue weighted by Crippen LogP contribution is -2.42. The smallest absolute Gasteiger partial charge is 0.308 e. The first kappa shape index (κ1) is 47.1. The summed E-state index contributed by atoms with van der Waals surface area (Å²) in [4.78, 5) is 37.6. The van der Waals surface area contributed by atoms with Crippen LogP contribution in [0.3, 0.4) is 0 Å². The number of carbonyl (C=O) groups is 3. The van der Waals surface area contributed by atoms with Crippen LogP contribution in [0.5, 0.6) is 0 Å². The molecule has 49 heavy (non-hydrogen) atoms. The van der Waals surface area contributed by atoms with Gasteiger partial charge in [0.15, 0.2) is 0 Å². The lowest BCUT2D eigenvalue weighted by Gasteiger charge is -2.24. The second-order valence-corrected chi connectivity index (χ2v) is 13.1. The molecular formula is C35H66O14. The number of esters is 3. The van der Waals surface area contributed by atoms with Crippen molar-refractivity contribution in [3.8, 4) is 0 Å². The summed E-state index contributed by atoms with van der Waals surface area (Å²) in [6.07, 6.45) is -2.77. The van der Waals surface area contributed by atoms with E-state index in [0.29, 0.717) is 25.7 Å². The summed E-state index contributed by atoms with van der Waals surface area (Å²) in [6, 6.07) is 0. The fourth-order valence-electron chi connectivity index (χ4n) is 5.36. The maximum atomic E-state index is 12.8. The molecule has 1 unspecified atom stereocenters. The molecule has 0 rings (SSSR count). The van der Waals surface area contributed by atoms with Crippen molar-refractivity contribution in [2.24, 2.45) is 0 Å². The Balaban J connectivity index is 5.06. The molecule has 0 aromatic heterocycles. The van der Waals surface area contributed by atoms with E-state index in [9.17, 15) is 50.1 Å². The first-order valence-corrected chi connectivity index (χ1v) is 18.2. The molecule has 0 spiro atoms. The molecule has 0 radical (unpaired) electrons. The van der Waals surface area contributed by atoms with Gasteiger partial charge in [-0.05, 0) is 38.5 Å². The van der Waals surface area contributed by atoms with Crippen molar-refractivity contribution in [2.75, 3.05) is 13.2 Å². The topological polar surface area (TPSA) is 241 Å². The Bertz CT molecular complexity index is 858. The molecule has 290 valence electrons. The Hall–Kier alpha value is -1.91. The molecule has 14 heteroatoms. The maximum absolute atomic E-state index is 12.8. The van der Waals surface area contributed by atoms with Gasteiger partial charge in [-0.3, -0.25) is 14.4 Å². The first-order valence-electron chi connectivity index (χ1n) is 18.2. The molecule has 0 amide bonds. The summed E-state index contributed by atoms with van der Waals surface area (Å²) in [5, 5.41) is 79.4. The summed E-state index contributed by atoms with van der Waals surface area (Å²) in [5.74, 6) is -2.28. The minimum Gasteiger partial charge on any atom is -0.463 e. The lowest BCUT2D eigenvalue weighted by molar-refractivity contribution is -0.156. The quantitative estimate of drug-likeness (QED) is 0.0292. The van der Waals surface area contributed by atoms with Gasteiger partial charge in [0.2, 0.25) is 0 Å². The number of carbonyl (C=O) groups excluding carboxylic acids is 3. The Kier molecular flexibility index (Phi) is 27.6. The van der Waals surface area contributed by atoms with Crippen LogP contribution in [0.1, 0.15) is 136 Å². The Labute approximate surface area is 291 Å². The van der Waals surface area contributed by atoms with Crippen LogP contribution in [-0.2, 0) is 28.6 Å². The van der Waals surface area contributed by atoms with Crippen molar-refractivity contribution in [1.29, 1.82) is 0 Å². The second kappa shape index (κ2) is 28.8. The van der Waals surface area contributed by atoms with Crippen LogP contribution in [0.4, 0.5) is 0 Å². The van der Waals surface area contributed by atoms with Crippen LogP contribution < -0.4 is 0 Å². The minimum absolute atomic E-state index is 0.0227. The maximum Gasteiger partial charge on any atom is 0.308 e. The minimum atomic E-state index is -1.74. The molecule has 8 N–H and O–H groups in total. The number of hydrogen-bond donors (Lipinski definition) is 8. The second-order valence-electron chi connectivity index (χ2n) is 13.1. The fraction of sp³-hybridized carbons (Fsp3) is 0.914. The van der Waals surface area contributed by atoms with E-state index < -0.39 is 98.9 Å². The number of hydrogen-bond acceptors (Lipinski definition) is 14. The van der Waals surface area contributed by atoms with E-state index in [1.165, 1.54) is 0 Å². The Morgan fingerprint density at radius 1 is 0.510 bits per heavy atom. The molecule has 0 heterocycles. The normalized spacial score (nSPS) is 17.2. The SMILES string of the molecule is CCCCC[C@@H](O)C[C@@H](O)CC(=O)O[C@H](CCCCC)C[C@@H](O)CC(=O)O[C@H](CCCCC)C[C@@H](O)CC(=O)OC[C@@H](O)C(O)[C@H](O)CO. The monoisotopic (exact) mass is 710 g/mol. The summed E-state index contributed by atoms with van der Waals surface area (Å²) in [7, 11) is 0. The van der Waals surface area contributed by atoms with E-state index in [-0.39, 0.29) is 25.7 Å². The van der Waals surface area contributed by atoms with Crippen LogP contribution in [0.2, 0.25) is 0 Å². The standard InChI is InChI=1S/C35H66O14/c1-4-7-10-13-24(37)16-25(38)20-33(44)48-29(15-12-9-6-3)18-27(40)21-34(45)49-28(14-11-8-5-2)17-26(39)19-32(43)47-23-31(42)35(46)30(41)22-36/h24-31,35-42,46H,4-23H2,1-3H3/t24-,25-,26-,27-,28-,29-,30-,31-,35?/m1/s1. The molecule has 0 aliphatic carbocycles. The molecule has 14 nitrogen and oxygen atoms in total. The zero-order valence-corrected chi connectivity index (χ0v) is 29.9. The van der Waals surface area contributed by atoms with Gasteiger partial charge < -0.3 is 55.1 Å². The van der Waals surface area contributed by atoms with Crippen LogP contribution in [0.15, 0.2) is 0 Å². The predicted molar refractivity (Wildman–Crippen MR) is 180 cm³/mol. The molecule has 0 aliphatic rings. The highest BCUT2D eigenvalue weighted by molar-refractivity contribution is 5.71. The van der Waals surface area contributed by atoms with Gasteiger partial charge in [-0.25, -0.2) is 0 Å². The summed E-state index contributed by atoms with van der Waals surface area (Å²) in [6.45, 7) is 4.60. The van der Waals surface area contributed by atoms with Gasteiger partial charge in [-0.15, -0.1) is 0 Å². The summed E-state index contributed by atoms with van der Waals surface area (Å²) < 4.78 is 16.0. The van der Waals surface area contributed by atoms with E-state index >= 15 is 0 Å². The third kappa shape index (κ3) is 24.8. The fourth-order valence-corrected chi connectivity index (χ4v) is 5.36. The predicted octanol–water partition coefficient (Wildman–Crippen LogP) is 1.95. The molecule has 0 aromatic rings. The average molecular weight is 711 g/mol. The molecule has 0 aliphatic heterocycles. The van der Waals surface area contributed by atoms with Crippen molar-refractivity contribution in [2.45, 2.75) is 191 Å². The van der Waals surface area contributed by atoms with Gasteiger partial charge in [0.05, 0.1) is 50.3 Å². The van der Waals surface area contributed by atoms with Gasteiger partial charge in [0, 0.05) is 12.8 Å². The van der Waals surface area contributed by atoms with Crippen LogP contribution in [0.25, 0.3) is 0 Å². The zero-order valence-electron chi connectivity index (χ0n) is 29.9. The van der Waals surface area contributed by atoms with E-state index in [1.54, 1.807) is 0 Å². The van der Waals surface area contributed by atoms with E-state index in [1.807, 2.05) is 13.8 Å². The molecule has 0 saturated carbocycles. The van der Waals surface area contributed by atoms with Gasteiger partial charge in [0.25, 0.3) is 0 Å². The van der Waals surface area contributed by atoms with Gasteiger partial charge in [-0.1, -0.05) is 65.7 Å². The molecular weight excluding hydrogens is 644 g/mol. The third-order valence-electron chi connectivity index (χ3n) is 8.21. The highest BCUT2D eigenvalue weighted by Gasteiger charge is 2.28. The largest absolute Gasteiger partial charge is 0.463 e. The van der Waals surface area contributed by atoms with E-state index in [2.05, 4.69) is 6.92 Å². The van der Waals surface area contributed by atoms with Crippen molar-refractivity contribution in [3.63, 3.8) is 0 Å². The average Bonchev–Trinajstić information content (AvgIpc) is 3.02. The number of aliphatic hydroxyl groups is 8. The number of ether oxygens (including phenoxy) is 3. The molecule has 9 atom stereocenters. The number of unbranched alkanes of at least 4 members (excludes halogenated alkanes) is 6. The molecule has 0 fully saturated rings. The van der Waals surface area contributed by atoms with E-state index in [4.69, 9.17) is 19.3 Å². The number of rotatable bonds is 31. The summed E-state index contributed by atoms with van der Waals surface area (Å²) in [5.41, 5.74) is 0. The highest BCUT2D eigenvalue weighted by atomic mass is 16.6. The number of aliphatic hydroxyl groups excluding tert-OH is 8.